The Balaban J connectivity index is 1.44. The van der Waals surface area contributed by atoms with Gasteiger partial charge in [0.25, 0.3) is 0 Å². The molecule has 3 heterocycles. The number of carbonyl (C=O) groups is 1. The maximum atomic E-state index is 12.6. The van der Waals surface area contributed by atoms with Gasteiger partial charge in [-0.2, -0.15) is 0 Å². The summed E-state index contributed by atoms with van der Waals surface area (Å²) in [6.07, 6.45) is 3.39. The van der Waals surface area contributed by atoms with E-state index in [1.807, 2.05) is 12.1 Å². The maximum Gasteiger partial charge on any atom is 0.220 e. The van der Waals surface area contributed by atoms with Crippen molar-refractivity contribution in [2.45, 2.75) is 58.2 Å². The summed E-state index contributed by atoms with van der Waals surface area (Å²) in [5, 5.41) is 3.05. The molecule has 0 bridgehead atoms. The number of nitrogens with one attached hydrogen (secondary N) is 1. The Morgan fingerprint density at radius 1 is 1.15 bits per heavy atom. The third kappa shape index (κ3) is 4.55. The van der Waals surface area contributed by atoms with Crippen LogP contribution in [0.1, 0.15) is 55.8 Å². The first kappa shape index (κ1) is 21.8. The Labute approximate surface area is 195 Å². The number of ether oxygens (including phenoxy) is 2. The van der Waals surface area contributed by atoms with Crippen molar-refractivity contribution in [3.63, 3.8) is 0 Å². The molecule has 3 aromatic rings. The number of para-hydroxylation sites is 1. The van der Waals surface area contributed by atoms with Crippen molar-refractivity contribution >= 4 is 5.91 Å². The van der Waals surface area contributed by atoms with Crippen LogP contribution in [0.25, 0.3) is 16.9 Å². The molecule has 1 atom stereocenters. The van der Waals surface area contributed by atoms with E-state index in [-0.39, 0.29) is 12.0 Å². The molecule has 172 valence electrons. The number of hydrogen-bond donors (Lipinski definition) is 1. The second-order valence-electron chi connectivity index (χ2n) is 9.32. The zero-order valence-corrected chi connectivity index (χ0v) is 19.5. The molecule has 0 aliphatic carbocycles. The Hall–Kier alpha value is -3.05. The lowest BCUT2D eigenvalue weighted by molar-refractivity contribution is -0.121. The van der Waals surface area contributed by atoms with E-state index in [2.05, 4.69) is 66.2 Å². The molecule has 0 saturated carbocycles. The van der Waals surface area contributed by atoms with E-state index in [4.69, 9.17) is 9.47 Å². The Morgan fingerprint density at radius 3 is 2.73 bits per heavy atom. The van der Waals surface area contributed by atoms with Gasteiger partial charge in [-0.25, -0.2) is 0 Å². The fraction of sp³-hybridized carbons (Fsp3) is 0.393. The van der Waals surface area contributed by atoms with Crippen molar-refractivity contribution in [3.8, 4) is 22.7 Å². The molecule has 1 N–H and O–H groups in total. The van der Waals surface area contributed by atoms with Gasteiger partial charge >= 0.3 is 0 Å². The standard InChI is InChI=1S/C28H32N2O3/c1-19(2)20-9-11-22(12-10-20)30-23(13-14-27(31)29-17-24-6-5-15-32-24)16-21-18-33-26-8-4-3-7-25(26)28(21)30/h3-4,7-12,16,19,24H,5-6,13-15,17-18H2,1-2H3,(H,29,31)/t24-/m1/s1. The fourth-order valence-corrected chi connectivity index (χ4v) is 4.82. The summed E-state index contributed by atoms with van der Waals surface area (Å²) in [4.78, 5) is 12.6. The molecular weight excluding hydrogens is 412 g/mol. The number of rotatable bonds is 7. The van der Waals surface area contributed by atoms with E-state index in [9.17, 15) is 4.79 Å². The van der Waals surface area contributed by atoms with Crippen molar-refractivity contribution in [3.05, 3.63) is 71.4 Å². The number of amides is 1. The zero-order valence-electron chi connectivity index (χ0n) is 19.5. The normalized spacial score (nSPS) is 16.9. The predicted octanol–water partition coefficient (Wildman–Crippen LogP) is 5.39. The summed E-state index contributed by atoms with van der Waals surface area (Å²) in [5.41, 5.74) is 7.00. The van der Waals surface area contributed by atoms with Gasteiger partial charge in [0.2, 0.25) is 5.91 Å². The van der Waals surface area contributed by atoms with E-state index < -0.39 is 0 Å². The summed E-state index contributed by atoms with van der Waals surface area (Å²) in [5.74, 6) is 1.46. The number of hydrogen-bond acceptors (Lipinski definition) is 3. The number of aryl methyl sites for hydroxylation is 1. The molecule has 0 radical (unpaired) electrons. The van der Waals surface area contributed by atoms with Gasteiger partial charge in [0.05, 0.1) is 11.8 Å². The molecule has 33 heavy (non-hydrogen) atoms. The summed E-state index contributed by atoms with van der Waals surface area (Å²) in [7, 11) is 0. The van der Waals surface area contributed by atoms with E-state index in [0.29, 0.717) is 31.9 Å². The SMILES string of the molecule is CC(C)c1ccc(-n2c(CCC(=O)NC[C@H]3CCCO3)cc3c2-c2ccccc2OC3)cc1. The molecule has 2 aromatic carbocycles. The van der Waals surface area contributed by atoms with Crippen LogP contribution < -0.4 is 10.1 Å². The van der Waals surface area contributed by atoms with Gasteiger partial charge in [-0.05, 0) is 61.1 Å². The number of fused-ring (bicyclic) bond motifs is 3. The summed E-state index contributed by atoms with van der Waals surface area (Å²) in [6, 6.07) is 19.2. The third-order valence-corrected chi connectivity index (χ3v) is 6.66. The molecule has 5 nitrogen and oxygen atoms in total. The predicted molar refractivity (Wildman–Crippen MR) is 130 cm³/mol. The van der Waals surface area contributed by atoms with Crippen LogP contribution in [0.5, 0.6) is 5.75 Å². The number of benzene rings is 2. The second kappa shape index (κ2) is 9.44. The van der Waals surface area contributed by atoms with Gasteiger partial charge < -0.3 is 19.4 Å². The highest BCUT2D eigenvalue weighted by atomic mass is 16.5. The van der Waals surface area contributed by atoms with Crippen molar-refractivity contribution in [2.75, 3.05) is 13.2 Å². The van der Waals surface area contributed by atoms with Gasteiger partial charge in [0.1, 0.15) is 12.4 Å². The van der Waals surface area contributed by atoms with Crippen LogP contribution in [0.2, 0.25) is 0 Å². The smallest absolute Gasteiger partial charge is 0.220 e. The van der Waals surface area contributed by atoms with Crippen LogP contribution in [0, 0.1) is 0 Å². The highest BCUT2D eigenvalue weighted by Crippen LogP contribution is 2.41. The highest BCUT2D eigenvalue weighted by molar-refractivity contribution is 5.77. The minimum absolute atomic E-state index is 0.0722. The summed E-state index contributed by atoms with van der Waals surface area (Å²) >= 11 is 0. The lowest BCUT2D eigenvalue weighted by Crippen LogP contribution is -2.31. The van der Waals surface area contributed by atoms with Crippen LogP contribution in [0.15, 0.2) is 54.6 Å². The lowest BCUT2D eigenvalue weighted by atomic mass is 10.0. The molecule has 0 unspecified atom stereocenters. The fourth-order valence-electron chi connectivity index (χ4n) is 4.82. The van der Waals surface area contributed by atoms with Crippen LogP contribution in [0.3, 0.4) is 0 Å². The Morgan fingerprint density at radius 2 is 1.97 bits per heavy atom. The largest absolute Gasteiger partial charge is 0.488 e. The van der Waals surface area contributed by atoms with Gasteiger partial charge in [-0.1, -0.05) is 38.1 Å². The van der Waals surface area contributed by atoms with Gasteiger partial charge in [-0.15, -0.1) is 0 Å². The number of aromatic nitrogens is 1. The lowest BCUT2D eigenvalue weighted by Gasteiger charge is -2.21. The quantitative estimate of drug-likeness (QED) is 0.532. The van der Waals surface area contributed by atoms with Crippen LogP contribution in [-0.4, -0.2) is 29.7 Å². The van der Waals surface area contributed by atoms with E-state index in [0.717, 1.165) is 47.7 Å². The van der Waals surface area contributed by atoms with Crippen molar-refractivity contribution in [1.82, 2.24) is 9.88 Å². The molecule has 5 heteroatoms. The minimum Gasteiger partial charge on any atom is -0.488 e. The molecule has 1 saturated heterocycles. The number of carbonyl (C=O) groups excluding carboxylic acids is 1. The van der Waals surface area contributed by atoms with Gasteiger partial charge in [-0.3, -0.25) is 4.79 Å². The summed E-state index contributed by atoms with van der Waals surface area (Å²) in [6.45, 7) is 6.37. The third-order valence-electron chi connectivity index (χ3n) is 6.66. The first-order valence-corrected chi connectivity index (χ1v) is 12.0. The highest BCUT2D eigenvalue weighted by Gasteiger charge is 2.25. The summed E-state index contributed by atoms with van der Waals surface area (Å²) < 4.78 is 14.0. The average Bonchev–Trinajstić information content (AvgIpc) is 3.49. The van der Waals surface area contributed by atoms with Crippen LogP contribution >= 0.6 is 0 Å². The van der Waals surface area contributed by atoms with E-state index in [1.165, 1.54) is 11.3 Å². The van der Waals surface area contributed by atoms with Crippen LogP contribution in [0.4, 0.5) is 0 Å². The zero-order chi connectivity index (χ0) is 22.8. The Bertz CT molecular complexity index is 1120. The molecule has 1 aromatic heterocycles. The Kier molecular flexibility index (Phi) is 6.23. The first-order valence-electron chi connectivity index (χ1n) is 12.0. The van der Waals surface area contributed by atoms with Crippen molar-refractivity contribution in [2.24, 2.45) is 0 Å². The topological polar surface area (TPSA) is 52.5 Å². The van der Waals surface area contributed by atoms with E-state index >= 15 is 0 Å². The van der Waals surface area contributed by atoms with E-state index in [1.54, 1.807) is 0 Å². The average molecular weight is 445 g/mol. The minimum atomic E-state index is 0.0722. The maximum absolute atomic E-state index is 12.6. The molecule has 2 aliphatic heterocycles. The van der Waals surface area contributed by atoms with Gasteiger partial charge in [0.15, 0.2) is 0 Å². The number of nitrogens with zero attached hydrogens (tertiary/aromatic N) is 1. The van der Waals surface area contributed by atoms with Gasteiger partial charge in [0, 0.05) is 42.1 Å². The molecule has 5 rings (SSSR count). The monoisotopic (exact) mass is 444 g/mol. The molecule has 2 aliphatic rings. The molecule has 0 spiro atoms. The van der Waals surface area contributed by atoms with Crippen molar-refractivity contribution < 1.29 is 14.3 Å². The van der Waals surface area contributed by atoms with Crippen molar-refractivity contribution in [1.29, 1.82) is 0 Å². The second-order valence-corrected chi connectivity index (χ2v) is 9.32. The van der Waals surface area contributed by atoms with Crippen LogP contribution in [-0.2, 0) is 22.6 Å². The molecule has 1 fully saturated rings. The molecular formula is C28H32N2O3. The molecule has 1 amide bonds. The first-order chi connectivity index (χ1) is 16.1.